The van der Waals surface area contributed by atoms with Gasteiger partial charge in [-0.2, -0.15) is 0 Å². The monoisotopic (exact) mass is 374 g/mol. The molecule has 1 saturated carbocycles. The molecule has 1 aromatic rings. The number of hydrogen-bond donors (Lipinski definition) is 3. The van der Waals surface area contributed by atoms with E-state index in [2.05, 4.69) is 10.6 Å². The first-order chi connectivity index (χ1) is 12.8. The first-order valence-corrected chi connectivity index (χ1v) is 10.0. The minimum absolute atomic E-state index is 0.0334. The van der Waals surface area contributed by atoms with Gasteiger partial charge in [0.25, 0.3) is 0 Å². The van der Waals surface area contributed by atoms with Gasteiger partial charge >= 0.3 is 6.03 Å². The van der Waals surface area contributed by atoms with E-state index in [1.54, 1.807) is 4.90 Å². The molecule has 1 aliphatic carbocycles. The van der Waals surface area contributed by atoms with Gasteiger partial charge in [-0.1, -0.05) is 25.0 Å². The fourth-order valence-corrected chi connectivity index (χ4v) is 3.75. The first-order valence-electron chi connectivity index (χ1n) is 10.0. The first kappa shape index (κ1) is 21.2. The van der Waals surface area contributed by atoms with E-state index >= 15 is 0 Å². The summed E-state index contributed by atoms with van der Waals surface area (Å²) >= 11 is 0. The summed E-state index contributed by atoms with van der Waals surface area (Å²) in [4.78, 5) is 26.5. The molecule has 3 atom stereocenters. The van der Waals surface area contributed by atoms with Gasteiger partial charge in [0, 0.05) is 24.3 Å². The number of carbonyl (C=O) groups excluding carboxylic acids is 2. The van der Waals surface area contributed by atoms with Crippen LogP contribution >= 0.6 is 0 Å². The van der Waals surface area contributed by atoms with Crippen molar-refractivity contribution in [1.82, 2.24) is 10.2 Å². The quantitative estimate of drug-likeness (QED) is 0.710. The van der Waals surface area contributed by atoms with Crippen molar-refractivity contribution in [1.29, 1.82) is 0 Å². The molecule has 2 rings (SSSR count). The summed E-state index contributed by atoms with van der Waals surface area (Å²) in [5.41, 5.74) is 7.66. The van der Waals surface area contributed by atoms with Crippen LogP contribution in [0, 0.1) is 5.92 Å². The van der Waals surface area contributed by atoms with Crippen LogP contribution in [0.5, 0.6) is 0 Å². The summed E-state index contributed by atoms with van der Waals surface area (Å²) in [5, 5.41) is 6.00. The van der Waals surface area contributed by atoms with Gasteiger partial charge in [0.15, 0.2) is 0 Å². The number of urea groups is 1. The second-order valence-corrected chi connectivity index (χ2v) is 7.76. The number of nitrogens with two attached hydrogens (primary N) is 1. The Bertz CT molecular complexity index is 638. The number of benzene rings is 1. The van der Waals surface area contributed by atoms with Crippen molar-refractivity contribution < 1.29 is 9.59 Å². The van der Waals surface area contributed by atoms with E-state index in [9.17, 15) is 9.59 Å². The van der Waals surface area contributed by atoms with Crippen LogP contribution in [0.25, 0.3) is 0 Å². The number of nitrogens with zero attached hydrogens (tertiary/aromatic N) is 1. The fourth-order valence-electron chi connectivity index (χ4n) is 3.75. The Balaban J connectivity index is 1.96. The Kier molecular flexibility index (Phi) is 7.25. The smallest absolute Gasteiger partial charge is 0.321 e. The van der Waals surface area contributed by atoms with Crippen molar-refractivity contribution in [3.8, 4) is 0 Å². The van der Waals surface area contributed by atoms with Crippen LogP contribution in [0.4, 0.5) is 10.5 Å². The zero-order valence-electron chi connectivity index (χ0n) is 17.0. The minimum atomic E-state index is -0.430. The molecule has 0 bridgehead atoms. The number of carbonyl (C=O) groups is 2. The average molecular weight is 375 g/mol. The fraction of sp³-hybridized carbons (Fsp3) is 0.619. The van der Waals surface area contributed by atoms with Crippen molar-refractivity contribution in [2.45, 2.75) is 65.0 Å². The molecule has 0 aromatic heterocycles. The summed E-state index contributed by atoms with van der Waals surface area (Å²) < 4.78 is 0. The zero-order chi connectivity index (χ0) is 20.0. The van der Waals surface area contributed by atoms with Gasteiger partial charge in [0.1, 0.15) is 0 Å². The molecular formula is C21H34N4O2. The third-order valence-corrected chi connectivity index (χ3v) is 5.64. The molecule has 0 aliphatic heterocycles. The maximum atomic E-state index is 12.7. The maximum absolute atomic E-state index is 12.7. The lowest BCUT2D eigenvalue weighted by atomic mass is 9.74. The van der Waals surface area contributed by atoms with Crippen LogP contribution in [0.2, 0.25) is 0 Å². The van der Waals surface area contributed by atoms with E-state index in [0.717, 1.165) is 36.9 Å². The van der Waals surface area contributed by atoms with Crippen molar-refractivity contribution in [2.24, 2.45) is 11.7 Å². The minimum Gasteiger partial charge on any atom is -0.349 e. The Hall–Kier alpha value is -2.08. The van der Waals surface area contributed by atoms with Gasteiger partial charge in [0.05, 0.1) is 12.0 Å². The lowest BCUT2D eigenvalue weighted by Gasteiger charge is -2.37. The van der Waals surface area contributed by atoms with Crippen LogP contribution in [-0.4, -0.2) is 35.5 Å². The SMILES string of the molecule is CCN(CC)C(=O)Nc1ccc(C(C)NC(=O)C2CCCCC2(C)N)cc1. The van der Waals surface area contributed by atoms with E-state index in [1.807, 2.05) is 52.0 Å². The number of hydrogen-bond acceptors (Lipinski definition) is 3. The van der Waals surface area contributed by atoms with Gasteiger partial charge in [-0.05, 0) is 58.2 Å². The summed E-state index contributed by atoms with van der Waals surface area (Å²) in [6, 6.07) is 7.40. The molecule has 6 nitrogen and oxygen atoms in total. The molecule has 27 heavy (non-hydrogen) atoms. The number of nitrogens with one attached hydrogen (secondary N) is 2. The van der Waals surface area contributed by atoms with Gasteiger partial charge in [0.2, 0.25) is 5.91 Å². The predicted octanol–water partition coefficient (Wildman–Crippen LogP) is 3.65. The summed E-state index contributed by atoms with van der Waals surface area (Å²) in [6.45, 7) is 9.20. The van der Waals surface area contributed by atoms with E-state index in [4.69, 9.17) is 5.73 Å². The molecule has 1 aromatic carbocycles. The Labute approximate surface area is 162 Å². The molecular weight excluding hydrogens is 340 g/mol. The van der Waals surface area contributed by atoms with E-state index in [-0.39, 0.29) is 23.9 Å². The second-order valence-electron chi connectivity index (χ2n) is 7.76. The van der Waals surface area contributed by atoms with E-state index in [1.165, 1.54) is 0 Å². The van der Waals surface area contributed by atoms with E-state index in [0.29, 0.717) is 13.1 Å². The van der Waals surface area contributed by atoms with Gasteiger partial charge < -0.3 is 21.3 Å². The standard InChI is InChI=1S/C21H34N4O2/c1-5-25(6-2)20(27)24-17-12-10-16(11-13-17)15(3)23-19(26)18-9-7-8-14-21(18,4)22/h10-13,15,18H,5-9,14,22H2,1-4H3,(H,23,26)(H,24,27). The van der Waals surface area contributed by atoms with Crippen LogP contribution in [0.3, 0.4) is 0 Å². The third-order valence-electron chi connectivity index (χ3n) is 5.64. The van der Waals surface area contributed by atoms with Crippen molar-refractivity contribution in [3.63, 3.8) is 0 Å². The van der Waals surface area contributed by atoms with Crippen molar-refractivity contribution in [3.05, 3.63) is 29.8 Å². The summed E-state index contributed by atoms with van der Waals surface area (Å²) in [7, 11) is 0. The predicted molar refractivity (Wildman–Crippen MR) is 109 cm³/mol. The molecule has 3 unspecified atom stereocenters. The van der Waals surface area contributed by atoms with E-state index < -0.39 is 5.54 Å². The summed E-state index contributed by atoms with van der Waals surface area (Å²) in [5.74, 6) is -0.104. The Morgan fingerprint density at radius 1 is 1.22 bits per heavy atom. The second kappa shape index (κ2) is 9.22. The highest BCUT2D eigenvalue weighted by Gasteiger charge is 2.38. The van der Waals surface area contributed by atoms with Crippen LogP contribution < -0.4 is 16.4 Å². The molecule has 1 fully saturated rings. The van der Waals surface area contributed by atoms with Crippen LogP contribution in [-0.2, 0) is 4.79 Å². The van der Waals surface area contributed by atoms with Gasteiger partial charge in [-0.3, -0.25) is 4.79 Å². The number of amides is 3. The molecule has 0 radical (unpaired) electrons. The molecule has 0 saturated heterocycles. The topological polar surface area (TPSA) is 87.5 Å². The largest absolute Gasteiger partial charge is 0.349 e. The van der Waals surface area contributed by atoms with Crippen molar-refractivity contribution in [2.75, 3.05) is 18.4 Å². The molecule has 0 heterocycles. The van der Waals surface area contributed by atoms with Gasteiger partial charge in [-0.15, -0.1) is 0 Å². The molecule has 1 aliphatic rings. The lowest BCUT2D eigenvalue weighted by Crippen LogP contribution is -2.53. The Morgan fingerprint density at radius 3 is 2.41 bits per heavy atom. The van der Waals surface area contributed by atoms with Crippen molar-refractivity contribution >= 4 is 17.6 Å². The van der Waals surface area contributed by atoms with Gasteiger partial charge in [-0.25, -0.2) is 4.79 Å². The zero-order valence-corrected chi connectivity index (χ0v) is 17.0. The maximum Gasteiger partial charge on any atom is 0.321 e. The molecule has 3 amide bonds. The number of rotatable bonds is 6. The van der Waals surface area contributed by atoms with Crippen LogP contribution in [0.15, 0.2) is 24.3 Å². The number of anilines is 1. The highest BCUT2D eigenvalue weighted by atomic mass is 16.2. The average Bonchev–Trinajstić information content (AvgIpc) is 2.62. The molecule has 0 spiro atoms. The van der Waals surface area contributed by atoms with Crippen LogP contribution in [0.1, 0.15) is 65.0 Å². The highest BCUT2D eigenvalue weighted by molar-refractivity contribution is 5.89. The molecule has 6 heteroatoms. The highest BCUT2D eigenvalue weighted by Crippen LogP contribution is 2.32. The lowest BCUT2D eigenvalue weighted by molar-refractivity contribution is -0.128. The molecule has 150 valence electrons. The third kappa shape index (κ3) is 5.45. The Morgan fingerprint density at radius 2 is 1.85 bits per heavy atom. The molecule has 4 N–H and O–H groups in total. The normalized spacial score (nSPS) is 23.4. The summed E-state index contributed by atoms with van der Waals surface area (Å²) in [6.07, 6.45) is 3.88.